The number of halogens is 1. The molecule has 2 amide bonds. The fourth-order valence-electron chi connectivity index (χ4n) is 4.16. The summed E-state index contributed by atoms with van der Waals surface area (Å²) in [4.78, 5) is 27.5. The highest BCUT2D eigenvalue weighted by Gasteiger charge is 2.28. The third-order valence-electron chi connectivity index (χ3n) is 5.92. The van der Waals surface area contributed by atoms with Crippen LogP contribution >= 0.6 is 0 Å². The number of nitrogens with one attached hydrogen (secondary N) is 1. The highest BCUT2D eigenvalue weighted by Crippen LogP contribution is 2.23. The fourth-order valence-corrected chi connectivity index (χ4v) is 4.16. The molecule has 170 valence electrons. The lowest BCUT2D eigenvalue weighted by Crippen LogP contribution is -2.38. The van der Waals surface area contributed by atoms with Crippen LogP contribution in [0, 0.1) is 11.7 Å². The van der Waals surface area contributed by atoms with Crippen LogP contribution < -0.4 is 10.1 Å². The Hall–Kier alpha value is -3.67. The molecule has 3 aromatic rings. The van der Waals surface area contributed by atoms with E-state index in [1.54, 1.807) is 24.1 Å². The molecule has 3 aromatic carbocycles. The SMILES string of the molecule is COc1cccc(CC(=O)N2CCNC(=O)[C@@H](Cc3cccc(-c4ccc(F)cc4)c3)C2)c1. The standard InChI is InChI=1S/C27H27FN2O3/c1-33-25-7-3-5-20(16-25)17-26(31)30-13-12-29-27(32)23(18-30)15-19-4-2-6-22(14-19)21-8-10-24(28)11-9-21/h2-11,14,16,23H,12-13,15,17-18H2,1H3,(H,29,32)/t23-/m0/s1. The molecule has 0 aromatic heterocycles. The summed E-state index contributed by atoms with van der Waals surface area (Å²) in [6.45, 7) is 1.30. The molecular weight excluding hydrogens is 419 g/mol. The Bertz CT molecular complexity index is 1130. The number of rotatable bonds is 6. The van der Waals surface area contributed by atoms with Gasteiger partial charge in [-0.25, -0.2) is 4.39 Å². The summed E-state index contributed by atoms with van der Waals surface area (Å²) in [5.41, 5.74) is 3.76. The predicted octanol–water partition coefficient (Wildman–Crippen LogP) is 3.86. The van der Waals surface area contributed by atoms with Crippen molar-refractivity contribution in [2.75, 3.05) is 26.7 Å². The summed E-state index contributed by atoms with van der Waals surface area (Å²) in [5, 5.41) is 2.94. The van der Waals surface area contributed by atoms with Crippen molar-refractivity contribution >= 4 is 11.8 Å². The maximum absolute atomic E-state index is 13.3. The topological polar surface area (TPSA) is 58.6 Å². The Morgan fingerprint density at radius 2 is 1.79 bits per heavy atom. The minimum atomic E-state index is -0.342. The lowest BCUT2D eigenvalue weighted by molar-refractivity contribution is -0.131. The number of hydrogen-bond acceptors (Lipinski definition) is 3. The molecule has 1 atom stereocenters. The molecule has 4 rings (SSSR count). The van der Waals surface area contributed by atoms with Gasteiger partial charge in [-0.3, -0.25) is 9.59 Å². The van der Waals surface area contributed by atoms with Gasteiger partial charge in [0.05, 0.1) is 19.4 Å². The van der Waals surface area contributed by atoms with Crippen LogP contribution in [0.15, 0.2) is 72.8 Å². The number of ether oxygens (including phenoxy) is 1. The average Bonchev–Trinajstić information content (AvgIpc) is 3.01. The normalized spacial score (nSPS) is 16.1. The molecule has 33 heavy (non-hydrogen) atoms. The van der Waals surface area contributed by atoms with Gasteiger partial charge in [-0.2, -0.15) is 0 Å². The quantitative estimate of drug-likeness (QED) is 0.626. The Morgan fingerprint density at radius 3 is 2.58 bits per heavy atom. The van der Waals surface area contributed by atoms with E-state index in [0.717, 1.165) is 22.3 Å². The third kappa shape index (κ3) is 5.77. The van der Waals surface area contributed by atoms with E-state index in [1.807, 2.05) is 48.5 Å². The fraction of sp³-hybridized carbons (Fsp3) is 0.259. The lowest BCUT2D eigenvalue weighted by Gasteiger charge is -2.23. The van der Waals surface area contributed by atoms with Crippen molar-refractivity contribution in [2.24, 2.45) is 5.92 Å². The summed E-state index contributed by atoms with van der Waals surface area (Å²) in [7, 11) is 1.60. The maximum atomic E-state index is 13.3. The van der Waals surface area contributed by atoms with Crippen molar-refractivity contribution in [3.63, 3.8) is 0 Å². The van der Waals surface area contributed by atoms with E-state index in [1.165, 1.54) is 12.1 Å². The van der Waals surface area contributed by atoms with Crippen LogP contribution in [0.1, 0.15) is 11.1 Å². The van der Waals surface area contributed by atoms with Gasteiger partial charge in [-0.1, -0.05) is 48.5 Å². The Kier molecular flexibility index (Phi) is 7.03. The zero-order chi connectivity index (χ0) is 23.2. The highest BCUT2D eigenvalue weighted by molar-refractivity contribution is 5.83. The summed E-state index contributed by atoms with van der Waals surface area (Å²) in [6.07, 6.45) is 0.780. The van der Waals surface area contributed by atoms with Gasteiger partial charge in [-0.05, 0) is 52.9 Å². The van der Waals surface area contributed by atoms with E-state index < -0.39 is 0 Å². The van der Waals surface area contributed by atoms with Gasteiger partial charge in [0.15, 0.2) is 0 Å². The molecular formula is C27H27FN2O3. The molecule has 0 spiro atoms. The molecule has 1 saturated heterocycles. The number of carbonyl (C=O) groups excluding carboxylic acids is 2. The molecule has 0 unspecified atom stereocenters. The second-order valence-corrected chi connectivity index (χ2v) is 8.27. The Morgan fingerprint density at radius 1 is 1.03 bits per heavy atom. The van der Waals surface area contributed by atoms with Crippen LogP contribution in [0.3, 0.4) is 0 Å². The molecule has 0 saturated carbocycles. The first kappa shape index (κ1) is 22.5. The molecule has 6 heteroatoms. The Labute approximate surface area is 193 Å². The number of benzene rings is 3. The van der Waals surface area contributed by atoms with Gasteiger partial charge < -0.3 is 15.0 Å². The van der Waals surface area contributed by atoms with E-state index in [-0.39, 0.29) is 30.0 Å². The smallest absolute Gasteiger partial charge is 0.227 e. The molecule has 0 aliphatic carbocycles. The highest BCUT2D eigenvalue weighted by atomic mass is 19.1. The molecule has 0 radical (unpaired) electrons. The van der Waals surface area contributed by atoms with E-state index >= 15 is 0 Å². The van der Waals surface area contributed by atoms with Crippen molar-refractivity contribution in [1.29, 1.82) is 0 Å². The van der Waals surface area contributed by atoms with Gasteiger partial charge in [0.2, 0.25) is 11.8 Å². The van der Waals surface area contributed by atoms with Crippen molar-refractivity contribution in [3.05, 3.63) is 89.7 Å². The van der Waals surface area contributed by atoms with Gasteiger partial charge in [0.25, 0.3) is 0 Å². The van der Waals surface area contributed by atoms with Gasteiger partial charge >= 0.3 is 0 Å². The molecule has 5 nitrogen and oxygen atoms in total. The predicted molar refractivity (Wildman–Crippen MR) is 125 cm³/mol. The molecule has 1 aliphatic rings. The van der Waals surface area contributed by atoms with Crippen molar-refractivity contribution in [3.8, 4) is 16.9 Å². The minimum Gasteiger partial charge on any atom is -0.497 e. The lowest BCUT2D eigenvalue weighted by atomic mass is 9.95. The average molecular weight is 447 g/mol. The second kappa shape index (κ2) is 10.3. The first-order valence-corrected chi connectivity index (χ1v) is 11.0. The summed E-state index contributed by atoms with van der Waals surface area (Å²) < 4.78 is 18.5. The van der Waals surface area contributed by atoms with Crippen LogP contribution in [0.4, 0.5) is 4.39 Å². The Balaban J connectivity index is 1.47. The van der Waals surface area contributed by atoms with Crippen LogP contribution in [0.5, 0.6) is 5.75 Å². The largest absolute Gasteiger partial charge is 0.497 e. The van der Waals surface area contributed by atoms with E-state index in [9.17, 15) is 14.0 Å². The number of carbonyl (C=O) groups is 2. The maximum Gasteiger partial charge on any atom is 0.227 e. The summed E-state index contributed by atoms with van der Waals surface area (Å²) >= 11 is 0. The number of nitrogens with zero attached hydrogens (tertiary/aromatic N) is 1. The minimum absolute atomic E-state index is 0.00943. The van der Waals surface area contributed by atoms with Crippen LogP contribution in [0.2, 0.25) is 0 Å². The zero-order valence-electron chi connectivity index (χ0n) is 18.6. The van der Waals surface area contributed by atoms with Gasteiger partial charge in [-0.15, -0.1) is 0 Å². The van der Waals surface area contributed by atoms with Crippen LogP contribution in [0.25, 0.3) is 11.1 Å². The molecule has 1 N–H and O–H groups in total. The molecule has 1 heterocycles. The van der Waals surface area contributed by atoms with Crippen LogP contribution in [-0.4, -0.2) is 43.5 Å². The third-order valence-corrected chi connectivity index (χ3v) is 5.92. The summed E-state index contributed by atoms with van der Waals surface area (Å²) in [6, 6.07) is 21.7. The van der Waals surface area contributed by atoms with E-state index in [2.05, 4.69) is 5.32 Å². The zero-order valence-corrected chi connectivity index (χ0v) is 18.6. The first-order chi connectivity index (χ1) is 16.0. The number of methoxy groups -OCH3 is 1. The van der Waals surface area contributed by atoms with Crippen molar-refractivity contribution in [2.45, 2.75) is 12.8 Å². The first-order valence-electron chi connectivity index (χ1n) is 11.0. The molecule has 1 aliphatic heterocycles. The monoisotopic (exact) mass is 446 g/mol. The van der Waals surface area contributed by atoms with E-state index in [4.69, 9.17) is 4.74 Å². The number of hydrogen-bond donors (Lipinski definition) is 1. The van der Waals surface area contributed by atoms with Crippen molar-refractivity contribution < 1.29 is 18.7 Å². The second-order valence-electron chi connectivity index (χ2n) is 8.27. The molecule has 1 fully saturated rings. The number of amides is 2. The van der Waals surface area contributed by atoms with Crippen molar-refractivity contribution in [1.82, 2.24) is 10.2 Å². The van der Waals surface area contributed by atoms with Crippen LogP contribution in [-0.2, 0) is 22.4 Å². The van der Waals surface area contributed by atoms with E-state index in [0.29, 0.717) is 31.8 Å². The van der Waals surface area contributed by atoms with Gasteiger partial charge in [0, 0.05) is 19.6 Å². The molecule has 0 bridgehead atoms. The summed E-state index contributed by atoms with van der Waals surface area (Å²) in [5.74, 6) is 0.0459. The van der Waals surface area contributed by atoms with Gasteiger partial charge in [0.1, 0.15) is 11.6 Å².